The van der Waals surface area contributed by atoms with Gasteiger partial charge in [-0.25, -0.2) is 4.79 Å². The largest absolute Gasteiger partial charge is 0.370 e. The Morgan fingerprint density at radius 2 is 2.25 bits per heavy atom. The summed E-state index contributed by atoms with van der Waals surface area (Å²) >= 11 is 1.90. The third-order valence-electron chi connectivity index (χ3n) is 3.10. The lowest BCUT2D eigenvalue weighted by Crippen LogP contribution is -2.36. The summed E-state index contributed by atoms with van der Waals surface area (Å²) in [5.41, 5.74) is 5.08. The van der Waals surface area contributed by atoms with Crippen LogP contribution < -0.4 is 16.4 Å². The average molecular weight is 243 g/mol. The number of urea groups is 1. The van der Waals surface area contributed by atoms with Crippen molar-refractivity contribution in [3.8, 4) is 0 Å². The van der Waals surface area contributed by atoms with Crippen LogP contribution in [0.4, 0.5) is 4.79 Å². The molecule has 3 atom stereocenters. The normalized spacial score (nSPS) is 32.0. The highest BCUT2D eigenvalue weighted by atomic mass is 32.2. The SMILES string of the molecule is NC(=O)CCCCC1SCC2NC(=O)N[C@@H]21. The topological polar surface area (TPSA) is 84.2 Å². The van der Waals surface area contributed by atoms with Crippen LogP contribution in [0.5, 0.6) is 0 Å². The summed E-state index contributed by atoms with van der Waals surface area (Å²) in [7, 11) is 0. The second-order valence-electron chi connectivity index (χ2n) is 4.33. The van der Waals surface area contributed by atoms with E-state index >= 15 is 0 Å². The van der Waals surface area contributed by atoms with E-state index in [0.29, 0.717) is 17.7 Å². The molecule has 2 heterocycles. The van der Waals surface area contributed by atoms with Gasteiger partial charge in [0.05, 0.1) is 12.1 Å². The maximum Gasteiger partial charge on any atom is 0.315 e. The van der Waals surface area contributed by atoms with E-state index < -0.39 is 0 Å². The average Bonchev–Trinajstić information content (AvgIpc) is 2.72. The van der Waals surface area contributed by atoms with Gasteiger partial charge in [-0.1, -0.05) is 6.42 Å². The molecule has 90 valence electrons. The van der Waals surface area contributed by atoms with Crippen molar-refractivity contribution in [2.24, 2.45) is 5.73 Å². The van der Waals surface area contributed by atoms with Gasteiger partial charge < -0.3 is 16.4 Å². The van der Waals surface area contributed by atoms with Crippen LogP contribution in [-0.4, -0.2) is 35.0 Å². The van der Waals surface area contributed by atoms with Crippen molar-refractivity contribution in [2.75, 3.05) is 5.75 Å². The lowest BCUT2D eigenvalue weighted by molar-refractivity contribution is -0.118. The van der Waals surface area contributed by atoms with E-state index in [1.54, 1.807) is 0 Å². The maximum atomic E-state index is 11.1. The minimum Gasteiger partial charge on any atom is -0.370 e. The monoisotopic (exact) mass is 243 g/mol. The third kappa shape index (κ3) is 2.61. The number of nitrogens with one attached hydrogen (secondary N) is 2. The Hall–Kier alpha value is -0.910. The molecule has 0 aliphatic carbocycles. The van der Waals surface area contributed by atoms with Gasteiger partial charge >= 0.3 is 6.03 Å². The smallest absolute Gasteiger partial charge is 0.315 e. The molecule has 0 aromatic heterocycles. The minimum absolute atomic E-state index is 0.0440. The van der Waals surface area contributed by atoms with Gasteiger partial charge in [-0.05, 0) is 12.8 Å². The molecule has 2 rings (SSSR count). The van der Waals surface area contributed by atoms with E-state index in [1.807, 2.05) is 11.8 Å². The Labute approximate surface area is 98.9 Å². The highest BCUT2D eigenvalue weighted by molar-refractivity contribution is 8.00. The van der Waals surface area contributed by atoms with Gasteiger partial charge in [0.15, 0.2) is 0 Å². The summed E-state index contributed by atoms with van der Waals surface area (Å²) in [4.78, 5) is 21.7. The zero-order chi connectivity index (χ0) is 11.5. The molecule has 0 radical (unpaired) electrons. The van der Waals surface area contributed by atoms with Crippen molar-refractivity contribution in [1.82, 2.24) is 10.6 Å². The molecule has 3 amide bonds. The number of hydrogen-bond acceptors (Lipinski definition) is 3. The highest BCUT2D eigenvalue weighted by Gasteiger charge is 2.42. The zero-order valence-electron chi connectivity index (χ0n) is 9.07. The first-order chi connectivity index (χ1) is 7.66. The number of hydrogen-bond donors (Lipinski definition) is 3. The number of amides is 3. The first kappa shape index (κ1) is 11.6. The summed E-state index contributed by atoms with van der Waals surface area (Å²) in [6.07, 6.45) is 3.36. The van der Waals surface area contributed by atoms with Crippen LogP contribution in [-0.2, 0) is 4.79 Å². The van der Waals surface area contributed by atoms with Crippen molar-refractivity contribution in [3.05, 3.63) is 0 Å². The molecule has 6 heteroatoms. The fraction of sp³-hybridized carbons (Fsp3) is 0.800. The lowest BCUT2D eigenvalue weighted by Gasteiger charge is -2.16. The molecule has 2 aliphatic heterocycles. The molecule has 0 aromatic rings. The van der Waals surface area contributed by atoms with Crippen molar-refractivity contribution >= 4 is 23.7 Å². The van der Waals surface area contributed by atoms with Crippen LogP contribution in [0.2, 0.25) is 0 Å². The molecule has 16 heavy (non-hydrogen) atoms. The third-order valence-corrected chi connectivity index (χ3v) is 4.61. The van der Waals surface area contributed by atoms with Crippen LogP contribution in [0.15, 0.2) is 0 Å². The predicted octanol–water partition coefficient (Wildman–Crippen LogP) is 0.197. The van der Waals surface area contributed by atoms with Crippen molar-refractivity contribution < 1.29 is 9.59 Å². The maximum absolute atomic E-state index is 11.1. The Kier molecular flexibility index (Phi) is 3.58. The first-order valence-electron chi connectivity index (χ1n) is 5.64. The Morgan fingerprint density at radius 1 is 1.44 bits per heavy atom. The fourth-order valence-electron chi connectivity index (χ4n) is 2.29. The van der Waals surface area contributed by atoms with Gasteiger partial charge in [0, 0.05) is 17.4 Å². The molecule has 2 unspecified atom stereocenters. The standard InChI is InChI=1S/C10H17N3O2S/c11-8(14)4-2-1-3-7-9-6(5-16-7)12-10(15)13-9/h6-7,9H,1-5H2,(H2,11,14)(H2,12,13,15)/t6?,7?,9-/m0/s1. The van der Waals surface area contributed by atoms with E-state index in [0.717, 1.165) is 25.0 Å². The molecule has 0 bridgehead atoms. The van der Waals surface area contributed by atoms with Crippen molar-refractivity contribution in [2.45, 2.75) is 43.0 Å². The van der Waals surface area contributed by atoms with Crippen LogP contribution >= 0.6 is 11.8 Å². The van der Waals surface area contributed by atoms with Crippen LogP contribution in [0.25, 0.3) is 0 Å². The molecular weight excluding hydrogens is 226 g/mol. The first-order valence-corrected chi connectivity index (χ1v) is 6.68. The lowest BCUT2D eigenvalue weighted by atomic mass is 10.0. The van der Waals surface area contributed by atoms with E-state index in [2.05, 4.69) is 10.6 Å². The van der Waals surface area contributed by atoms with Gasteiger partial charge in [-0.15, -0.1) is 0 Å². The summed E-state index contributed by atoms with van der Waals surface area (Å²) in [5, 5.41) is 6.35. The van der Waals surface area contributed by atoms with Crippen molar-refractivity contribution in [1.29, 1.82) is 0 Å². The molecule has 5 nitrogen and oxygen atoms in total. The number of fused-ring (bicyclic) bond motifs is 1. The number of unbranched alkanes of at least 4 members (excludes halogenated alkanes) is 1. The minimum atomic E-state index is -0.229. The summed E-state index contributed by atoms with van der Waals surface area (Å²) < 4.78 is 0. The summed E-state index contributed by atoms with van der Waals surface area (Å²) in [5.74, 6) is 0.761. The number of rotatable bonds is 5. The quantitative estimate of drug-likeness (QED) is 0.476. The molecule has 2 saturated heterocycles. The van der Waals surface area contributed by atoms with Gasteiger partial charge in [-0.2, -0.15) is 11.8 Å². The molecule has 2 fully saturated rings. The van der Waals surface area contributed by atoms with E-state index in [4.69, 9.17) is 5.73 Å². The number of primary amides is 1. The molecule has 2 aliphatic rings. The molecule has 4 N–H and O–H groups in total. The van der Waals surface area contributed by atoms with Crippen molar-refractivity contribution in [3.63, 3.8) is 0 Å². The number of carbonyl (C=O) groups is 2. The summed E-state index contributed by atoms with van der Waals surface area (Å²) in [6, 6.07) is 0.516. The van der Waals surface area contributed by atoms with E-state index in [1.165, 1.54) is 0 Å². The van der Waals surface area contributed by atoms with Gasteiger partial charge in [0.1, 0.15) is 0 Å². The van der Waals surface area contributed by atoms with E-state index in [-0.39, 0.29) is 18.0 Å². The van der Waals surface area contributed by atoms with Crippen LogP contribution in [0, 0.1) is 0 Å². The Morgan fingerprint density at radius 3 is 3.00 bits per heavy atom. The molecule has 0 saturated carbocycles. The Bertz CT molecular complexity index is 298. The van der Waals surface area contributed by atoms with Gasteiger partial charge in [0.2, 0.25) is 5.91 Å². The van der Waals surface area contributed by atoms with Gasteiger partial charge in [-0.3, -0.25) is 4.79 Å². The number of carbonyl (C=O) groups excluding carboxylic acids is 2. The van der Waals surface area contributed by atoms with Crippen LogP contribution in [0.1, 0.15) is 25.7 Å². The zero-order valence-corrected chi connectivity index (χ0v) is 9.89. The Balaban J connectivity index is 1.70. The summed E-state index contributed by atoms with van der Waals surface area (Å²) in [6.45, 7) is 0. The number of nitrogens with two attached hydrogens (primary N) is 1. The second-order valence-corrected chi connectivity index (χ2v) is 5.61. The molecule has 0 aromatic carbocycles. The van der Waals surface area contributed by atoms with Gasteiger partial charge in [0.25, 0.3) is 0 Å². The van der Waals surface area contributed by atoms with Crippen LogP contribution in [0.3, 0.4) is 0 Å². The molecular formula is C10H17N3O2S. The molecule has 0 spiro atoms. The van der Waals surface area contributed by atoms with E-state index in [9.17, 15) is 9.59 Å². The fourth-order valence-corrected chi connectivity index (χ4v) is 3.83. The number of thioether (sulfide) groups is 1. The highest BCUT2D eigenvalue weighted by Crippen LogP contribution is 2.33. The predicted molar refractivity (Wildman–Crippen MR) is 63.2 cm³/mol. The second kappa shape index (κ2) is 4.95.